The Hall–Kier alpha value is -4.34. The number of hydrogen-bond donors (Lipinski definition) is 2. The Bertz CT molecular complexity index is 1490. The number of nitrogens with zero attached hydrogens (tertiary/aromatic N) is 2. The molecule has 0 spiro atoms. The van der Waals surface area contributed by atoms with Gasteiger partial charge < -0.3 is 19.7 Å². The average molecular weight is 609 g/mol. The summed E-state index contributed by atoms with van der Waals surface area (Å²) < 4.78 is 12.9. The van der Waals surface area contributed by atoms with Crippen LogP contribution >= 0.6 is 0 Å². The van der Waals surface area contributed by atoms with Crippen LogP contribution in [0.4, 0.5) is 11.4 Å². The lowest BCUT2D eigenvalue weighted by molar-refractivity contribution is -0.387. The molecule has 2 N–H and O–H groups in total. The molecule has 0 amide bonds. The van der Waals surface area contributed by atoms with Crippen LogP contribution in [0.15, 0.2) is 36.4 Å². The topological polar surface area (TPSA) is 145 Å². The molecule has 3 aromatic rings. The van der Waals surface area contributed by atoms with Crippen molar-refractivity contribution < 1.29 is 29.5 Å². The smallest absolute Gasteiger partial charge is 0.314 e. The van der Waals surface area contributed by atoms with Crippen molar-refractivity contribution in [2.45, 2.75) is 105 Å². The van der Waals surface area contributed by atoms with Crippen LogP contribution in [0.25, 0.3) is 0 Å². The predicted molar refractivity (Wildman–Crippen MR) is 171 cm³/mol. The van der Waals surface area contributed by atoms with E-state index in [4.69, 9.17) is 9.47 Å². The summed E-state index contributed by atoms with van der Waals surface area (Å²) in [6.07, 6.45) is 0. The fraction of sp³-hybridized carbons (Fsp3) is 0.471. The van der Waals surface area contributed by atoms with E-state index in [2.05, 4.69) is 0 Å². The number of phenolic OH excluding ortho intramolecular Hbond substituents is 2. The van der Waals surface area contributed by atoms with Crippen molar-refractivity contribution in [3.63, 3.8) is 0 Å². The average Bonchev–Trinajstić information content (AvgIpc) is 2.81. The molecule has 0 heterocycles. The first-order valence-corrected chi connectivity index (χ1v) is 14.4. The van der Waals surface area contributed by atoms with Crippen LogP contribution in [0.5, 0.6) is 34.5 Å². The van der Waals surface area contributed by atoms with E-state index in [0.717, 1.165) is 0 Å². The molecule has 0 bridgehead atoms. The number of nitro benzene ring substituents is 2. The summed E-state index contributed by atoms with van der Waals surface area (Å²) in [6, 6.07) is 9.95. The maximum Gasteiger partial charge on any atom is 0.314 e. The fourth-order valence-corrected chi connectivity index (χ4v) is 5.25. The Morgan fingerprint density at radius 1 is 0.545 bits per heavy atom. The highest BCUT2D eigenvalue weighted by Gasteiger charge is 2.38. The first-order valence-electron chi connectivity index (χ1n) is 14.4. The first-order chi connectivity index (χ1) is 19.9. The molecule has 10 nitrogen and oxygen atoms in total. The summed E-state index contributed by atoms with van der Waals surface area (Å²) in [5, 5.41) is 46.8. The number of hydrogen-bond acceptors (Lipinski definition) is 8. The van der Waals surface area contributed by atoms with Gasteiger partial charge in [0, 0.05) is 22.3 Å². The summed E-state index contributed by atoms with van der Waals surface area (Å²) in [4.78, 5) is 23.1. The summed E-state index contributed by atoms with van der Waals surface area (Å²) in [5.41, 5.74) is -2.54. The molecule has 3 aromatic carbocycles. The highest BCUT2D eigenvalue weighted by atomic mass is 16.6. The van der Waals surface area contributed by atoms with Gasteiger partial charge in [-0.2, -0.15) is 0 Å². The molecular formula is C34H44N2O8. The van der Waals surface area contributed by atoms with Crippen LogP contribution in [0.1, 0.15) is 105 Å². The highest BCUT2D eigenvalue weighted by molar-refractivity contribution is 5.68. The van der Waals surface area contributed by atoms with Crippen molar-refractivity contribution in [1.29, 1.82) is 0 Å². The number of phenols is 2. The van der Waals surface area contributed by atoms with Gasteiger partial charge in [0.1, 0.15) is 11.5 Å². The van der Waals surface area contributed by atoms with Gasteiger partial charge in [-0.15, -0.1) is 0 Å². The molecule has 0 aliphatic rings. The Kier molecular flexibility index (Phi) is 8.77. The second-order valence-electron chi connectivity index (χ2n) is 15.2. The molecule has 0 aromatic heterocycles. The van der Waals surface area contributed by atoms with Crippen molar-refractivity contribution in [1.82, 2.24) is 0 Å². The molecule has 0 saturated carbocycles. The number of rotatable bonds is 6. The quantitative estimate of drug-likeness (QED) is 0.208. The highest BCUT2D eigenvalue weighted by Crippen LogP contribution is 2.53. The Labute approximate surface area is 259 Å². The molecule has 0 radical (unpaired) electrons. The maximum atomic E-state index is 12.1. The zero-order valence-corrected chi connectivity index (χ0v) is 27.7. The van der Waals surface area contributed by atoms with Crippen molar-refractivity contribution >= 4 is 11.4 Å². The van der Waals surface area contributed by atoms with Gasteiger partial charge in [-0.3, -0.25) is 20.2 Å². The zero-order chi connectivity index (χ0) is 33.7. The third-order valence-corrected chi connectivity index (χ3v) is 7.25. The zero-order valence-electron chi connectivity index (χ0n) is 27.7. The summed E-state index contributed by atoms with van der Waals surface area (Å²) in [5.74, 6) is -0.0109. The van der Waals surface area contributed by atoms with Crippen LogP contribution in [0, 0.1) is 20.2 Å². The predicted octanol–water partition coefficient (Wildman–Crippen LogP) is 9.69. The number of aromatic hydroxyl groups is 2. The Morgan fingerprint density at radius 2 is 0.841 bits per heavy atom. The van der Waals surface area contributed by atoms with Gasteiger partial charge in [0.15, 0.2) is 11.5 Å². The van der Waals surface area contributed by atoms with E-state index in [9.17, 15) is 30.4 Å². The molecule has 0 aliphatic heterocycles. The molecular weight excluding hydrogens is 564 g/mol. The summed E-state index contributed by atoms with van der Waals surface area (Å²) in [6.45, 7) is 21.8. The van der Waals surface area contributed by atoms with Crippen molar-refractivity contribution in [3.05, 3.63) is 78.9 Å². The minimum absolute atomic E-state index is 0.222. The van der Waals surface area contributed by atoms with Crippen LogP contribution < -0.4 is 9.47 Å². The van der Waals surface area contributed by atoms with E-state index in [-0.39, 0.29) is 45.5 Å². The van der Waals surface area contributed by atoms with Gasteiger partial charge >= 0.3 is 11.4 Å². The van der Waals surface area contributed by atoms with Crippen LogP contribution in [0.2, 0.25) is 0 Å². The molecule has 44 heavy (non-hydrogen) atoms. The molecule has 238 valence electrons. The number of para-hydroxylation sites is 2. The molecule has 3 rings (SSSR count). The minimum Gasteiger partial charge on any atom is -0.502 e. The monoisotopic (exact) mass is 608 g/mol. The standard InChI is InChI=1S/C34H44N2O8/c1-31(2,3)19-17-23(25(33(7,8)9)29(37)27(19)35(39)40)43-21-15-13-14-16-22(21)44-24-18-20(32(4,5)6)28(36(41)42)30(38)26(24)34(10,11)12/h13-18,37-38H,1-12H3. The Balaban J connectivity index is 2.33. The van der Waals surface area contributed by atoms with Crippen LogP contribution in [-0.4, -0.2) is 20.1 Å². The second-order valence-corrected chi connectivity index (χ2v) is 15.2. The lowest BCUT2D eigenvalue weighted by atomic mass is 9.79. The van der Waals surface area contributed by atoms with Crippen LogP contribution in [0.3, 0.4) is 0 Å². The minimum atomic E-state index is -0.748. The lowest BCUT2D eigenvalue weighted by Gasteiger charge is -2.29. The van der Waals surface area contributed by atoms with E-state index in [1.165, 1.54) is 0 Å². The molecule has 0 saturated heterocycles. The summed E-state index contributed by atoms with van der Waals surface area (Å²) >= 11 is 0. The second kappa shape index (κ2) is 11.3. The van der Waals surface area contributed by atoms with Gasteiger partial charge in [-0.25, -0.2) is 0 Å². The largest absolute Gasteiger partial charge is 0.502 e. The van der Waals surface area contributed by atoms with E-state index in [0.29, 0.717) is 11.1 Å². The molecule has 0 fully saturated rings. The first kappa shape index (κ1) is 34.2. The van der Waals surface area contributed by atoms with Crippen molar-refractivity contribution in [2.24, 2.45) is 0 Å². The lowest BCUT2D eigenvalue weighted by Crippen LogP contribution is -2.19. The van der Waals surface area contributed by atoms with Gasteiger partial charge in [0.2, 0.25) is 11.5 Å². The molecule has 0 atom stereocenters. The number of benzene rings is 3. The van der Waals surface area contributed by atoms with E-state index >= 15 is 0 Å². The maximum absolute atomic E-state index is 12.1. The normalized spacial score (nSPS) is 12.6. The van der Waals surface area contributed by atoms with Gasteiger partial charge in [0.05, 0.1) is 9.85 Å². The number of nitro groups is 2. The Morgan fingerprint density at radius 3 is 1.07 bits per heavy atom. The van der Waals surface area contributed by atoms with Gasteiger partial charge in [-0.1, -0.05) is 95.2 Å². The molecule has 0 unspecified atom stereocenters. The SMILES string of the molecule is CC(C)(C)c1cc(Oc2ccccc2Oc2cc(C(C)(C)C)c([N+](=O)[O-])c(O)c2C(C)(C)C)c(C(C)(C)C)c(O)c1[N+](=O)[O-]. The van der Waals surface area contributed by atoms with Gasteiger partial charge in [-0.05, 0) is 45.9 Å². The van der Waals surface area contributed by atoms with E-state index < -0.39 is 43.0 Å². The van der Waals surface area contributed by atoms with E-state index in [1.54, 1.807) is 36.4 Å². The molecule has 0 aliphatic carbocycles. The van der Waals surface area contributed by atoms with E-state index in [1.807, 2.05) is 83.1 Å². The third kappa shape index (κ3) is 6.74. The number of ether oxygens (including phenoxy) is 2. The van der Waals surface area contributed by atoms with Gasteiger partial charge in [0.25, 0.3) is 0 Å². The van der Waals surface area contributed by atoms with Crippen molar-refractivity contribution in [3.8, 4) is 34.5 Å². The summed E-state index contributed by atoms with van der Waals surface area (Å²) in [7, 11) is 0. The molecule has 10 heteroatoms. The third-order valence-electron chi connectivity index (χ3n) is 7.25. The fourth-order valence-electron chi connectivity index (χ4n) is 5.25. The van der Waals surface area contributed by atoms with Crippen molar-refractivity contribution in [2.75, 3.05) is 0 Å². The van der Waals surface area contributed by atoms with Crippen LogP contribution in [-0.2, 0) is 21.7 Å².